The van der Waals surface area contributed by atoms with Crippen LogP contribution < -0.4 is 15.0 Å². The fourth-order valence-corrected chi connectivity index (χ4v) is 3.31. The van der Waals surface area contributed by atoms with Crippen LogP contribution in [0.1, 0.15) is 21.5 Å². The zero-order valence-electron chi connectivity index (χ0n) is 16.2. The molecule has 1 atom stereocenters. The maximum Gasteiger partial charge on any atom is 0.263 e. The summed E-state index contributed by atoms with van der Waals surface area (Å²) in [7, 11) is 0. The van der Waals surface area contributed by atoms with Gasteiger partial charge in [0.15, 0.2) is 6.10 Å². The molecule has 0 aliphatic carbocycles. The number of para-hydroxylation sites is 2. The van der Waals surface area contributed by atoms with Gasteiger partial charge < -0.3 is 15.0 Å². The highest BCUT2D eigenvalue weighted by atomic mass is 16.5. The molecule has 1 N–H and O–H groups in total. The van der Waals surface area contributed by atoms with Crippen molar-refractivity contribution < 1.29 is 14.3 Å². The lowest BCUT2D eigenvalue weighted by atomic mass is 10.1. The number of fused-ring (bicyclic) bond motifs is 1. The number of rotatable bonds is 4. The van der Waals surface area contributed by atoms with Crippen LogP contribution in [-0.2, 0) is 11.3 Å². The third-order valence-corrected chi connectivity index (χ3v) is 4.92. The van der Waals surface area contributed by atoms with Crippen molar-refractivity contribution >= 4 is 17.5 Å². The molecule has 0 saturated carbocycles. The van der Waals surface area contributed by atoms with Gasteiger partial charge in [-0.25, -0.2) is 0 Å². The quantitative estimate of drug-likeness (QED) is 0.744. The average Bonchev–Trinajstić information content (AvgIpc) is 2.77. The summed E-state index contributed by atoms with van der Waals surface area (Å²) in [5, 5.41) is 2.90. The van der Waals surface area contributed by atoms with E-state index in [4.69, 9.17) is 4.74 Å². The Morgan fingerprint density at radius 3 is 2.41 bits per heavy atom. The molecule has 3 aromatic carbocycles. The smallest absolute Gasteiger partial charge is 0.263 e. The number of aryl methyl sites for hydroxylation is 1. The Morgan fingerprint density at radius 1 is 0.966 bits per heavy atom. The summed E-state index contributed by atoms with van der Waals surface area (Å²) in [6, 6.07) is 24.4. The van der Waals surface area contributed by atoms with E-state index >= 15 is 0 Å². The van der Waals surface area contributed by atoms with Crippen LogP contribution in [0.4, 0.5) is 5.69 Å². The van der Waals surface area contributed by atoms with Crippen LogP contribution in [0.5, 0.6) is 5.75 Å². The second-order valence-corrected chi connectivity index (χ2v) is 7.06. The molecule has 0 saturated heterocycles. The fourth-order valence-electron chi connectivity index (χ4n) is 3.31. The summed E-state index contributed by atoms with van der Waals surface area (Å²) in [4.78, 5) is 27.5. The Bertz CT molecular complexity index is 1020. The van der Waals surface area contributed by atoms with E-state index < -0.39 is 6.10 Å². The molecule has 0 unspecified atom stereocenters. The van der Waals surface area contributed by atoms with Gasteiger partial charge in [0, 0.05) is 12.1 Å². The lowest BCUT2D eigenvalue weighted by Crippen LogP contribution is -2.50. The first-order chi connectivity index (χ1) is 14.1. The third-order valence-electron chi connectivity index (χ3n) is 4.92. The van der Waals surface area contributed by atoms with Crippen LogP contribution in [0.3, 0.4) is 0 Å². The van der Waals surface area contributed by atoms with Crippen LogP contribution in [0.15, 0.2) is 78.9 Å². The van der Waals surface area contributed by atoms with E-state index in [2.05, 4.69) is 5.32 Å². The molecule has 0 radical (unpaired) electrons. The molecule has 146 valence electrons. The lowest BCUT2D eigenvalue weighted by molar-refractivity contribution is -0.127. The predicted octanol–water partition coefficient (Wildman–Crippen LogP) is 3.72. The number of ether oxygens (including phenoxy) is 1. The number of amides is 2. The van der Waals surface area contributed by atoms with Gasteiger partial charge in [-0.2, -0.15) is 0 Å². The van der Waals surface area contributed by atoms with E-state index in [-0.39, 0.29) is 18.4 Å². The summed E-state index contributed by atoms with van der Waals surface area (Å²) in [5.74, 6) is 0.130. The molecule has 1 heterocycles. The van der Waals surface area contributed by atoms with Crippen LogP contribution in [0, 0.1) is 6.92 Å². The van der Waals surface area contributed by atoms with Gasteiger partial charge >= 0.3 is 0 Å². The zero-order valence-corrected chi connectivity index (χ0v) is 16.2. The Kier molecular flexibility index (Phi) is 5.29. The van der Waals surface area contributed by atoms with Crippen molar-refractivity contribution in [3.8, 4) is 5.75 Å². The molecule has 29 heavy (non-hydrogen) atoms. The zero-order chi connectivity index (χ0) is 20.2. The van der Waals surface area contributed by atoms with Crippen molar-refractivity contribution in [2.45, 2.75) is 19.6 Å². The summed E-state index contributed by atoms with van der Waals surface area (Å²) >= 11 is 0. The molecular formula is C24H22N2O3. The van der Waals surface area contributed by atoms with Gasteiger partial charge in [-0.3, -0.25) is 9.59 Å². The van der Waals surface area contributed by atoms with Crippen LogP contribution in [0.25, 0.3) is 0 Å². The highest BCUT2D eigenvalue weighted by molar-refractivity contribution is 6.07. The molecule has 3 aromatic rings. The average molecular weight is 386 g/mol. The van der Waals surface area contributed by atoms with Gasteiger partial charge in [-0.1, -0.05) is 60.2 Å². The standard InChI is InChI=1S/C24H22N2O3/c1-17-11-13-19(14-12-17)24(28)26-16-22(29-21-10-6-5-9-20(21)26)23(27)25-15-18-7-3-2-4-8-18/h2-14,22H,15-16H2,1H3,(H,25,27)/t22-/m1/s1. The second-order valence-electron chi connectivity index (χ2n) is 7.06. The van der Waals surface area contributed by atoms with E-state index in [0.717, 1.165) is 11.1 Å². The minimum atomic E-state index is -0.775. The van der Waals surface area contributed by atoms with E-state index in [1.807, 2.05) is 67.6 Å². The molecule has 4 rings (SSSR count). The van der Waals surface area contributed by atoms with Gasteiger partial charge in [-0.05, 0) is 36.8 Å². The Morgan fingerprint density at radius 2 is 1.66 bits per heavy atom. The van der Waals surface area contributed by atoms with Crippen molar-refractivity contribution in [3.63, 3.8) is 0 Å². The topological polar surface area (TPSA) is 58.6 Å². The highest BCUT2D eigenvalue weighted by Gasteiger charge is 2.34. The number of carbonyl (C=O) groups is 2. The number of hydrogen-bond donors (Lipinski definition) is 1. The minimum Gasteiger partial charge on any atom is -0.477 e. The van der Waals surface area contributed by atoms with Gasteiger partial charge in [-0.15, -0.1) is 0 Å². The molecule has 0 fully saturated rings. The number of hydrogen-bond acceptors (Lipinski definition) is 3. The van der Waals surface area contributed by atoms with Gasteiger partial charge in [0.2, 0.25) is 0 Å². The maximum absolute atomic E-state index is 13.2. The number of anilines is 1. The number of nitrogens with zero attached hydrogens (tertiary/aromatic N) is 1. The van der Waals surface area contributed by atoms with Crippen LogP contribution in [0.2, 0.25) is 0 Å². The monoisotopic (exact) mass is 386 g/mol. The summed E-state index contributed by atoms with van der Waals surface area (Å²) < 4.78 is 5.91. The SMILES string of the molecule is Cc1ccc(C(=O)N2C[C@H](C(=O)NCc3ccccc3)Oc3ccccc32)cc1. The van der Waals surface area contributed by atoms with Gasteiger partial charge in [0.1, 0.15) is 5.75 Å². The molecule has 0 bridgehead atoms. The Balaban J connectivity index is 1.54. The second kappa shape index (κ2) is 8.19. The van der Waals surface area contributed by atoms with Crippen LogP contribution in [-0.4, -0.2) is 24.5 Å². The number of carbonyl (C=O) groups excluding carboxylic acids is 2. The third kappa shape index (κ3) is 4.14. The van der Waals surface area contributed by atoms with Crippen molar-refractivity contribution in [2.75, 3.05) is 11.4 Å². The van der Waals surface area contributed by atoms with E-state index in [1.165, 1.54) is 0 Å². The highest BCUT2D eigenvalue weighted by Crippen LogP contribution is 2.34. The summed E-state index contributed by atoms with van der Waals surface area (Å²) in [5.41, 5.74) is 3.34. The first-order valence-corrected chi connectivity index (χ1v) is 9.57. The largest absolute Gasteiger partial charge is 0.477 e. The lowest BCUT2D eigenvalue weighted by Gasteiger charge is -2.34. The van der Waals surface area contributed by atoms with Gasteiger partial charge in [0.05, 0.1) is 12.2 Å². The molecule has 0 spiro atoms. The fraction of sp³-hybridized carbons (Fsp3) is 0.167. The molecule has 2 amide bonds. The first kappa shape index (κ1) is 18.7. The molecule has 1 aliphatic rings. The normalized spacial score (nSPS) is 15.2. The van der Waals surface area contributed by atoms with Crippen molar-refractivity contribution in [2.24, 2.45) is 0 Å². The number of benzene rings is 3. The van der Waals surface area contributed by atoms with Crippen LogP contribution >= 0.6 is 0 Å². The maximum atomic E-state index is 13.2. The predicted molar refractivity (Wildman–Crippen MR) is 112 cm³/mol. The molecular weight excluding hydrogens is 364 g/mol. The first-order valence-electron chi connectivity index (χ1n) is 9.57. The molecule has 5 nitrogen and oxygen atoms in total. The van der Waals surface area contributed by atoms with E-state index in [1.54, 1.807) is 23.1 Å². The summed E-state index contributed by atoms with van der Waals surface area (Å²) in [6.07, 6.45) is -0.775. The molecule has 5 heteroatoms. The number of nitrogens with one attached hydrogen (secondary N) is 1. The van der Waals surface area contributed by atoms with Crippen molar-refractivity contribution in [3.05, 3.63) is 95.6 Å². The Labute approximate surface area is 169 Å². The molecule has 0 aromatic heterocycles. The van der Waals surface area contributed by atoms with E-state index in [9.17, 15) is 9.59 Å². The Hall–Kier alpha value is -3.60. The molecule has 1 aliphatic heterocycles. The van der Waals surface area contributed by atoms with Crippen molar-refractivity contribution in [1.29, 1.82) is 0 Å². The van der Waals surface area contributed by atoms with Crippen molar-refractivity contribution in [1.82, 2.24) is 5.32 Å². The van der Waals surface area contributed by atoms with E-state index in [0.29, 0.717) is 23.5 Å². The van der Waals surface area contributed by atoms with Gasteiger partial charge in [0.25, 0.3) is 11.8 Å². The minimum absolute atomic E-state index is 0.151. The summed E-state index contributed by atoms with van der Waals surface area (Å²) in [6.45, 7) is 2.54.